The van der Waals surface area contributed by atoms with Gasteiger partial charge in [-0.2, -0.15) is 0 Å². The monoisotopic (exact) mass is 231 g/mol. The van der Waals surface area contributed by atoms with Crippen LogP contribution in [0.25, 0.3) is 0 Å². The van der Waals surface area contributed by atoms with Crippen molar-refractivity contribution in [2.24, 2.45) is 0 Å². The number of hydrogen-bond donors (Lipinski definition) is 1. The molecule has 0 radical (unpaired) electrons. The zero-order valence-electron chi connectivity index (χ0n) is 9.46. The first-order chi connectivity index (χ1) is 8.29. The van der Waals surface area contributed by atoms with Gasteiger partial charge in [-0.05, 0) is 19.1 Å². The molecule has 0 aliphatic heterocycles. The Labute approximate surface area is 99.0 Å². The predicted octanol–water partition coefficient (Wildman–Crippen LogP) is 2.36. The van der Waals surface area contributed by atoms with Crippen LogP contribution in [0, 0.1) is 0 Å². The molecule has 0 bridgehead atoms. The van der Waals surface area contributed by atoms with Crippen LogP contribution in [0.15, 0.2) is 43.0 Å². The zero-order chi connectivity index (χ0) is 12.1. The number of rotatable bonds is 3. The van der Waals surface area contributed by atoms with Gasteiger partial charge in [-0.1, -0.05) is 6.07 Å². The number of nitrogens with zero attached hydrogens (tertiary/aromatic N) is 2. The SMILES string of the molecule is CCOc1cccc(NC(=O)n2ccnc2)c1. The molecule has 2 aromatic rings. The van der Waals surface area contributed by atoms with Gasteiger partial charge in [0.2, 0.25) is 0 Å². The van der Waals surface area contributed by atoms with Crippen molar-refractivity contribution < 1.29 is 9.53 Å². The number of aromatic nitrogens is 2. The van der Waals surface area contributed by atoms with Crippen molar-refractivity contribution in [3.63, 3.8) is 0 Å². The van der Waals surface area contributed by atoms with Gasteiger partial charge in [-0.3, -0.25) is 4.57 Å². The molecule has 0 saturated carbocycles. The van der Waals surface area contributed by atoms with E-state index in [0.29, 0.717) is 12.3 Å². The highest BCUT2D eigenvalue weighted by Gasteiger charge is 2.04. The quantitative estimate of drug-likeness (QED) is 0.882. The summed E-state index contributed by atoms with van der Waals surface area (Å²) in [6.07, 6.45) is 4.58. The van der Waals surface area contributed by atoms with Crippen molar-refractivity contribution in [2.75, 3.05) is 11.9 Å². The Morgan fingerprint density at radius 1 is 1.53 bits per heavy atom. The number of amides is 1. The van der Waals surface area contributed by atoms with E-state index in [1.807, 2.05) is 19.1 Å². The minimum atomic E-state index is -0.254. The van der Waals surface area contributed by atoms with E-state index < -0.39 is 0 Å². The molecular weight excluding hydrogens is 218 g/mol. The van der Waals surface area contributed by atoms with Crippen LogP contribution in [-0.4, -0.2) is 22.2 Å². The predicted molar refractivity (Wildman–Crippen MR) is 64.3 cm³/mol. The molecule has 0 aliphatic rings. The first kappa shape index (κ1) is 11.2. The third-order valence-corrected chi connectivity index (χ3v) is 2.14. The second-order valence-electron chi connectivity index (χ2n) is 3.36. The molecule has 1 aromatic heterocycles. The van der Waals surface area contributed by atoms with Gasteiger partial charge in [0.05, 0.1) is 6.61 Å². The van der Waals surface area contributed by atoms with E-state index in [-0.39, 0.29) is 6.03 Å². The molecule has 88 valence electrons. The van der Waals surface area contributed by atoms with Gasteiger partial charge in [-0.15, -0.1) is 0 Å². The second-order valence-corrected chi connectivity index (χ2v) is 3.36. The molecule has 17 heavy (non-hydrogen) atoms. The summed E-state index contributed by atoms with van der Waals surface area (Å²) >= 11 is 0. The van der Waals surface area contributed by atoms with Crippen molar-refractivity contribution in [3.8, 4) is 5.75 Å². The van der Waals surface area contributed by atoms with Crippen LogP contribution in [-0.2, 0) is 0 Å². The maximum Gasteiger partial charge on any atom is 0.331 e. The number of hydrogen-bond acceptors (Lipinski definition) is 3. The molecule has 0 fully saturated rings. The van der Waals surface area contributed by atoms with Gasteiger partial charge in [0.1, 0.15) is 12.1 Å². The van der Waals surface area contributed by atoms with Crippen molar-refractivity contribution in [2.45, 2.75) is 6.92 Å². The van der Waals surface area contributed by atoms with Crippen LogP contribution in [0.5, 0.6) is 5.75 Å². The number of carbonyl (C=O) groups excluding carboxylic acids is 1. The molecule has 0 atom stereocenters. The van der Waals surface area contributed by atoms with Crippen molar-refractivity contribution in [1.82, 2.24) is 9.55 Å². The van der Waals surface area contributed by atoms with E-state index in [1.54, 1.807) is 24.5 Å². The van der Waals surface area contributed by atoms with Crippen LogP contribution < -0.4 is 10.1 Å². The zero-order valence-corrected chi connectivity index (χ0v) is 9.46. The van der Waals surface area contributed by atoms with Crippen LogP contribution in [0.3, 0.4) is 0 Å². The lowest BCUT2D eigenvalue weighted by Crippen LogP contribution is -2.17. The second kappa shape index (κ2) is 5.16. The molecule has 1 N–H and O–H groups in total. The third kappa shape index (κ3) is 2.84. The molecule has 1 heterocycles. The Hall–Kier alpha value is -2.30. The Kier molecular flexibility index (Phi) is 3.40. The summed E-state index contributed by atoms with van der Waals surface area (Å²) in [6, 6.07) is 7.00. The first-order valence-corrected chi connectivity index (χ1v) is 5.32. The lowest BCUT2D eigenvalue weighted by Gasteiger charge is -2.07. The van der Waals surface area contributed by atoms with Gasteiger partial charge >= 0.3 is 6.03 Å². The fraction of sp³-hybridized carbons (Fsp3) is 0.167. The molecule has 0 saturated heterocycles. The first-order valence-electron chi connectivity index (χ1n) is 5.32. The van der Waals surface area contributed by atoms with Crippen molar-refractivity contribution >= 4 is 11.7 Å². The molecule has 0 aliphatic carbocycles. The minimum absolute atomic E-state index is 0.254. The smallest absolute Gasteiger partial charge is 0.331 e. The summed E-state index contributed by atoms with van der Waals surface area (Å²) < 4.78 is 6.72. The highest BCUT2D eigenvalue weighted by Crippen LogP contribution is 2.17. The Morgan fingerprint density at radius 2 is 2.41 bits per heavy atom. The number of anilines is 1. The average molecular weight is 231 g/mol. The fourth-order valence-corrected chi connectivity index (χ4v) is 1.40. The Bertz CT molecular complexity index is 494. The fourth-order valence-electron chi connectivity index (χ4n) is 1.40. The average Bonchev–Trinajstić information content (AvgIpc) is 2.83. The number of benzene rings is 1. The summed E-state index contributed by atoms with van der Waals surface area (Å²) in [5.74, 6) is 0.732. The van der Waals surface area contributed by atoms with E-state index in [1.165, 1.54) is 10.9 Å². The number of nitrogens with one attached hydrogen (secondary N) is 1. The molecule has 0 unspecified atom stereocenters. The largest absolute Gasteiger partial charge is 0.494 e. The van der Waals surface area contributed by atoms with E-state index in [9.17, 15) is 4.79 Å². The molecule has 1 aromatic carbocycles. The van der Waals surface area contributed by atoms with E-state index in [2.05, 4.69) is 10.3 Å². The summed E-state index contributed by atoms with van der Waals surface area (Å²) in [5, 5.41) is 2.75. The molecule has 5 nitrogen and oxygen atoms in total. The summed E-state index contributed by atoms with van der Waals surface area (Å²) in [5.41, 5.74) is 0.689. The third-order valence-electron chi connectivity index (χ3n) is 2.14. The Morgan fingerprint density at radius 3 is 3.12 bits per heavy atom. The van der Waals surface area contributed by atoms with E-state index >= 15 is 0 Å². The van der Waals surface area contributed by atoms with Crippen LogP contribution in [0.1, 0.15) is 6.92 Å². The topological polar surface area (TPSA) is 56.1 Å². The maximum atomic E-state index is 11.7. The normalized spacial score (nSPS) is 9.94. The van der Waals surface area contributed by atoms with Crippen molar-refractivity contribution in [3.05, 3.63) is 43.0 Å². The minimum Gasteiger partial charge on any atom is -0.494 e. The highest BCUT2D eigenvalue weighted by atomic mass is 16.5. The lowest BCUT2D eigenvalue weighted by molar-refractivity contribution is 0.253. The Balaban J connectivity index is 2.08. The maximum absolute atomic E-state index is 11.7. The molecule has 2 rings (SSSR count). The van der Waals surface area contributed by atoms with Crippen LogP contribution in [0.2, 0.25) is 0 Å². The van der Waals surface area contributed by atoms with Gasteiger partial charge in [0, 0.05) is 24.1 Å². The number of carbonyl (C=O) groups is 1. The van der Waals surface area contributed by atoms with E-state index in [0.717, 1.165) is 5.75 Å². The molecule has 0 spiro atoms. The molecule has 5 heteroatoms. The van der Waals surface area contributed by atoms with E-state index in [4.69, 9.17) is 4.74 Å². The lowest BCUT2D eigenvalue weighted by atomic mass is 10.3. The van der Waals surface area contributed by atoms with Crippen LogP contribution in [0.4, 0.5) is 10.5 Å². The number of imidazole rings is 1. The number of ether oxygens (including phenoxy) is 1. The summed E-state index contributed by atoms with van der Waals surface area (Å²) in [6.45, 7) is 2.51. The van der Waals surface area contributed by atoms with Gasteiger partial charge in [0.15, 0.2) is 0 Å². The molecule has 1 amide bonds. The summed E-state index contributed by atoms with van der Waals surface area (Å²) in [4.78, 5) is 15.5. The van der Waals surface area contributed by atoms with Gasteiger partial charge < -0.3 is 10.1 Å². The highest BCUT2D eigenvalue weighted by molar-refractivity contribution is 5.91. The standard InChI is InChI=1S/C12H13N3O2/c1-2-17-11-5-3-4-10(8-11)14-12(16)15-7-6-13-9-15/h3-9H,2H2,1H3,(H,14,16). The van der Waals surface area contributed by atoms with Crippen molar-refractivity contribution in [1.29, 1.82) is 0 Å². The van der Waals surface area contributed by atoms with Gasteiger partial charge in [-0.25, -0.2) is 9.78 Å². The van der Waals surface area contributed by atoms with Crippen LogP contribution >= 0.6 is 0 Å². The van der Waals surface area contributed by atoms with Gasteiger partial charge in [0.25, 0.3) is 0 Å². The molecular formula is C12H13N3O2. The summed E-state index contributed by atoms with van der Waals surface area (Å²) in [7, 11) is 0.